The number of carbonyl (C=O) groups excluding carboxylic acids is 2. The zero-order valence-electron chi connectivity index (χ0n) is 49.4. The molecule has 0 aliphatic carbocycles. The van der Waals surface area contributed by atoms with Crippen molar-refractivity contribution in [3.05, 3.63) is 24.3 Å². The molecule has 0 aromatic carbocycles. The molecular formula is C67H129NO5. The van der Waals surface area contributed by atoms with Crippen molar-refractivity contribution in [1.82, 2.24) is 5.32 Å². The molecule has 0 bridgehead atoms. The summed E-state index contributed by atoms with van der Waals surface area (Å²) in [4.78, 5) is 24.6. The lowest BCUT2D eigenvalue weighted by molar-refractivity contribution is -0.143. The van der Waals surface area contributed by atoms with Gasteiger partial charge in [0.05, 0.1) is 25.4 Å². The highest BCUT2D eigenvalue weighted by Gasteiger charge is 2.20. The van der Waals surface area contributed by atoms with E-state index in [-0.39, 0.29) is 18.5 Å². The number of aliphatic hydroxyl groups excluding tert-OH is 2. The van der Waals surface area contributed by atoms with E-state index < -0.39 is 12.1 Å². The highest BCUT2D eigenvalue weighted by Crippen LogP contribution is 2.19. The standard InChI is InChI=1S/C67H129NO5/c1-3-5-7-9-11-13-15-17-19-20-21-22-23-24-25-26-27-28-32-35-39-43-47-51-55-59-65(70)64(63-69)68-66(71)60-56-52-48-44-40-36-33-29-30-34-38-42-46-50-54-58-62-73-67(72)61-57-53-49-45-41-37-31-18-16-14-12-10-8-6-4-2/h12,14,18,31,64-65,69-70H,3-11,13,15-17,19-30,32-63H2,1-2H3,(H,68,71)/b14-12-,31-18-. The molecule has 0 heterocycles. The Morgan fingerprint density at radius 1 is 0.384 bits per heavy atom. The van der Waals surface area contributed by atoms with Crippen molar-refractivity contribution >= 4 is 11.9 Å². The van der Waals surface area contributed by atoms with E-state index in [0.29, 0.717) is 25.9 Å². The second-order valence-corrected chi connectivity index (χ2v) is 22.8. The summed E-state index contributed by atoms with van der Waals surface area (Å²) in [5.74, 6) is -0.0477. The smallest absolute Gasteiger partial charge is 0.305 e. The van der Waals surface area contributed by atoms with Gasteiger partial charge in [0.1, 0.15) is 0 Å². The fourth-order valence-corrected chi connectivity index (χ4v) is 10.4. The molecule has 432 valence electrons. The van der Waals surface area contributed by atoms with Crippen molar-refractivity contribution in [1.29, 1.82) is 0 Å². The lowest BCUT2D eigenvalue weighted by Crippen LogP contribution is -2.45. The number of hydrogen-bond donors (Lipinski definition) is 3. The SMILES string of the molecule is CCCCC/C=C\C/C=C\CCCCCCCC(=O)OCCCCCCCCCCCCCCCCCCC(=O)NC(CO)C(O)CCCCCCCCCCCCCCCCCCCCCCCCCCC. The molecule has 0 aliphatic heterocycles. The van der Waals surface area contributed by atoms with Crippen LogP contribution in [0.3, 0.4) is 0 Å². The Hall–Kier alpha value is -1.66. The third-order valence-corrected chi connectivity index (χ3v) is 15.5. The van der Waals surface area contributed by atoms with Crippen LogP contribution in [-0.4, -0.2) is 47.4 Å². The molecule has 0 fully saturated rings. The molecule has 6 heteroatoms. The van der Waals surface area contributed by atoms with E-state index in [1.807, 2.05) is 0 Å². The molecule has 6 nitrogen and oxygen atoms in total. The van der Waals surface area contributed by atoms with Crippen LogP contribution in [0, 0.1) is 0 Å². The predicted molar refractivity (Wildman–Crippen MR) is 320 cm³/mol. The molecule has 0 rings (SSSR count). The average molecular weight is 1030 g/mol. The van der Waals surface area contributed by atoms with Crippen LogP contribution in [-0.2, 0) is 14.3 Å². The number of allylic oxidation sites excluding steroid dienone is 4. The van der Waals surface area contributed by atoms with Crippen molar-refractivity contribution in [3.8, 4) is 0 Å². The summed E-state index contributed by atoms with van der Waals surface area (Å²) in [5, 5.41) is 23.4. The first-order valence-electron chi connectivity index (χ1n) is 33.1. The van der Waals surface area contributed by atoms with E-state index >= 15 is 0 Å². The summed E-state index contributed by atoms with van der Waals surface area (Å²) in [5.41, 5.74) is 0. The first-order chi connectivity index (χ1) is 36.0. The molecule has 0 spiro atoms. The van der Waals surface area contributed by atoms with Crippen LogP contribution in [0.5, 0.6) is 0 Å². The monoisotopic (exact) mass is 1030 g/mol. The molecule has 0 saturated carbocycles. The van der Waals surface area contributed by atoms with E-state index in [0.717, 1.165) is 57.8 Å². The number of ether oxygens (including phenoxy) is 1. The Balaban J connectivity index is 3.42. The van der Waals surface area contributed by atoms with Gasteiger partial charge >= 0.3 is 5.97 Å². The molecule has 1 amide bonds. The van der Waals surface area contributed by atoms with Crippen LogP contribution in [0.1, 0.15) is 367 Å². The number of aliphatic hydroxyl groups is 2. The Kier molecular flexibility index (Phi) is 61.4. The number of carbonyl (C=O) groups is 2. The van der Waals surface area contributed by atoms with Gasteiger partial charge in [-0.3, -0.25) is 9.59 Å². The van der Waals surface area contributed by atoms with Crippen molar-refractivity contribution in [2.45, 2.75) is 379 Å². The molecule has 2 unspecified atom stereocenters. The van der Waals surface area contributed by atoms with Crippen LogP contribution >= 0.6 is 0 Å². The molecule has 0 aromatic rings. The van der Waals surface area contributed by atoms with Crippen molar-refractivity contribution in [2.75, 3.05) is 13.2 Å². The van der Waals surface area contributed by atoms with Gasteiger partial charge in [0.2, 0.25) is 5.91 Å². The Bertz CT molecular complexity index is 1140. The van der Waals surface area contributed by atoms with E-state index in [2.05, 4.69) is 43.5 Å². The predicted octanol–water partition coefficient (Wildman–Crippen LogP) is 21.0. The van der Waals surface area contributed by atoms with Gasteiger partial charge in [-0.2, -0.15) is 0 Å². The van der Waals surface area contributed by atoms with E-state index in [9.17, 15) is 19.8 Å². The average Bonchev–Trinajstić information content (AvgIpc) is 3.39. The molecule has 0 aromatic heterocycles. The molecular weight excluding hydrogens is 899 g/mol. The van der Waals surface area contributed by atoms with E-state index in [1.165, 1.54) is 276 Å². The minimum atomic E-state index is -0.671. The highest BCUT2D eigenvalue weighted by molar-refractivity contribution is 5.76. The number of nitrogens with one attached hydrogen (secondary N) is 1. The lowest BCUT2D eigenvalue weighted by Gasteiger charge is -2.22. The Morgan fingerprint density at radius 3 is 1.07 bits per heavy atom. The summed E-state index contributed by atoms with van der Waals surface area (Å²) >= 11 is 0. The number of hydrogen-bond acceptors (Lipinski definition) is 5. The van der Waals surface area contributed by atoms with Gasteiger partial charge in [-0.1, -0.05) is 321 Å². The summed E-state index contributed by atoms with van der Waals surface area (Å²) in [6.45, 7) is 4.94. The molecule has 0 aliphatic rings. The van der Waals surface area contributed by atoms with E-state index in [1.54, 1.807) is 0 Å². The van der Waals surface area contributed by atoms with Gasteiger partial charge in [-0.05, 0) is 57.8 Å². The maximum Gasteiger partial charge on any atom is 0.305 e. The number of rotatable bonds is 62. The minimum Gasteiger partial charge on any atom is -0.466 e. The third-order valence-electron chi connectivity index (χ3n) is 15.5. The maximum absolute atomic E-state index is 12.5. The second kappa shape index (κ2) is 62.9. The molecule has 73 heavy (non-hydrogen) atoms. The normalized spacial score (nSPS) is 12.7. The number of unbranched alkanes of at least 4 members (excludes halogenated alkanes) is 47. The fraction of sp³-hybridized carbons (Fsp3) is 0.910. The maximum atomic E-state index is 12.5. The topological polar surface area (TPSA) is 95.9 Å². The van der Waals surface area contributed by atoms with Crippen LogP contribution in [0.4, 0.5) is 0 Å². The molecule has 2 atom stereocenters. The minimum absolute atomic E-state index is 0.00971. The Labute approximate surface area is 456 Å². The zero-order chi connectivity index (χ0) is 52.9. The summed E-state index contributed by atoms with van der Waals surface area (Å²) < 4.78 is 5.48. The largest absolute Gasteiger partial charge is 0.466 e. The van der Waals surface area contributed by atoms with Crippen molar-refractivity contribution < 1.29 is 24.5 Å². The van der Waals surface area contributed by atoms with Gasteiger partial charge in [-0.15, -0.1) is 0 Å². The summed E-state index contributed by atoms with van der Waals surface area (Å²) in [6.07, 6.45) is 77.7. The first-order valence-corrected chi connectivity index (χ1v) is 33.1. The van der Waals surface area contributed by atoms with Gasteiger partial charge in [0, 0.05) is 12.8 Å². The highest BCUT2D eigenvalue weighted by atomic mass is 16.5. The van der Waals surface area contributed by atoms with Gasteiger partial charge < -0.3 is 20.3 Å². The fourth-order valence-electron chi connectivity index (χ4n) is 10.4. The van der Waals surface area contributed by atoms with Crippen molar-refractivity contribution in [3.63, 3.8) is 0 Å². The van der Waals surface area contributed by atoms with Crippen LogP contribution < -0.4 is 5.32 Å². The Morgan fingerprint density at radius 2 is 0.685 bits per heavy atom. The zero-order valence-corrected chi connectivity index (χ0v) is 49.4. The van der Waals surface area contributed by atoms with Gasteiger partial charge in [0.15, 0.2) is 0 Å². The quantitative estimate of drug-likeness (QED) is 0.0320. The summed E-state index contributed by atoms with van der Waals surface area (Å²) in [7, 11) is 0. The third kappa shape index (κ3) is 59.4. The molecule has 0 radical (unpaired) electrons. The number of esters is 1. The van der Waals surface area contributed by atoms with E-state index in [4.69, 9.17) is 4.74 Å². The van der Waals surface area contributed by atoms with Gasteiger partial charge in [0.25, 0.3) is 0 Å². The van der Waals surface area contributed by atoms with Crippen LogP contribution in [0.25, 0.3) is 0 Å². The van der Waals surface area contributed by atoms with Gasteiger partial charge in [-0.25, -0.2) is 0 Å². The first kappa shape index (κ1) is 71.3. The second-order valence-electron chi connectivity index (χ2n) is 22.8. The lowest BCUT2D eigenvalue weighted by atomic mass is 10.0. The van der Waals surface area contributed by atoms with Crippen molar-refractivity contribution in [2.24, 2.45) is 0 Å². The van der Waals surface area contributed by atoms with Crippen LogP contribution in [0.2, 0.25) is 0 Å². The molecule has 0 saturated heterocycles. The summed E-state index contributed by atoms with van der Waals surface area (Å²) in [6, 6.07) is -0.549. The molecule has 3 N–H and O–H groups in total. The number of amides is 1. The van der Waals surface area contributed by atoms with Crippen LogP contribution in [0.15, 0.2) is 24.3 Å².